The molecule has 0 amide bonds. The van der Waals surface area contributed by atoms with E-state index in [0.717, 1.165) is 32.2 Å². The van der Waals surface area contributed by atoms with E-state index in [9.17, 15) is 0 Å². The first-order valence-electron chi connectivity index (χ1n) is 7.63. The Balaban J connectivity index is 2.30. The van der Waals surface area contributed by atoms with Gasteiger partial charge in [-0.3, -0.25) is 4.90 Å². The minimum Gasteiger partial charge on any atom is -0.380 e. The normalized spacial score (nSPS) is 28.8. The zero-order valence-electron chi connectivity index (χ0n) is 12.6. The molecule has 0 heterocycles. The van der Waals surface area contributed by atoms with E-state index in [1.54, 1.807) is 0 Å². The van der Waals surface area contributed by atoms with Gasteiger partial charge in [0.1, 0.15) is 0 Å². The number of hydrogen-bond acceptors (Lipinski definition) is 3. The lowest BCUT2D eigenvalue weighted by Gasteiger charge is -2.45. The van der Waals surface area contributed by atoms with Gasteiger partial charge >= 0.3 is 0 Å². The molecule has 0 radical (unpaired) electrons. The van der Waals surface area contributed by atoms with Crippen LogP contribution in [-0.2, 0) is 4.74 Å². The van der Waals surface area contributed by atoms with Crippen LogP contribution >= 0.6 is 0 Å². The number of nitrogens with two attached hydrogens (primary N) is 1. The quantitative estimate of drug-likeness (QED) is 0.679. The average molecular weight is 256 g/mol. The highest BCUT2D eigenvalue weighted by molar-refractivity contribution is 4.94. The Morgan fingerprint density at radius 2 is 1.94 bits per heavy atom. The second-order valence-electron chi connectivity index (χ2n) is 6.00. The summed E-state index contributed by atoms with van der Waals surface area (Å²) in [7, 11) is 2.21. The van der Waals surface area contributed by atoms with Crippen LogP contribution in [0.5, 0.6) is 0 Å². The molecule has 1 aliphatic carbocycles. The van der Waals surface area contributed by atoms with Crippen molar-refractivity contribution >= 4 is 0 Å². The molecular weight excluding hydrogens is 224 g/mol. The van der Waals surface area contributed by atoms with Crippen LogP contribution in [0.25, 0.3) is 0 Å². The predicted octanol–water partition coefficient (Wildman–Crippen LogP) is 2.64. The van der Waals surface area contributed by atoms with Crippen molar-refractivity contribution < 1.29 is 4.74 Å². The summed E-state index contributed by atoms with van der Waals surface area (Å²) in [6.45, 7) is 8.08. The van der Waals surface area contributed by atoms with Crippen molar-refractivity contribution in [2.75, 3.05) is 33.4 Å². The number of hydrogen-bond donors (Lipinski definition) is 1. The Bertz CT molecular complexity index is 213. The summed E-state index contributed by atoms with van der Waals surface area (Å²) in [6.07, 6.45) is 7.51. The van der Waals surface area contributed by atoms with Crippen molar-refractivity contribution in [3.63, 3.8) is 0 Å². The molecule has 0 aliphatic heterocycles. The van der Waals surface area contributed by atoms with Crippen molar-refractivity contribution in [3.05, 3.63) is 0 Å². The third kappa shape index (κ3) is 4.52. The summed E-state index contributed by atoms with van der Waals surface area (Å²) in [5, 5.41) is 0. The Morgan fingerprint density at radius 3 is 2.50 bits per heavy atom. The molecule has 1 fully saturated rings. The van der Waals surface area contributed by atoms with E-state index in [-0.39, 0.29) is 5.54 Å². The monoisotopic (exact) mass is 256 g/mol. The van der Waals surface area contributed by atoms with Gasteiger partial charge in [-0.05, 0) is 45.1 Å². The lowest BCUT2D eigenvalue weighted by molar-refractivity contribution is 0.0334. The van der Waals surface area contributed by atoms with E-state index in [2.05, 4.69) is 25.8 Å². The van der Waals surface area contributed by atoms with Gasteiger partial charge in [-0.1, -0.05) is 20.3 Å². The predicted molar refractivity (Wildman–Crippen MR) is 77.8 cm³/mol. The molecule has 0 bridgehead atoms. The van der Waals surface area contributed by atoms with E-state index < -0.39 is 0 Å². The summed E-state index contributed by atoms with van der Waals surface area (Å²) >= 11 is 0. The minimum absolute atomic E-state index is 0.237. The number of ether oxygens (including phenoxy) is 1. The summed E-state index contributed by atoms with van der Waals surface area (Å²) in [5.74, 6) is 0.874. The van der Waals surface area contributed by atoms with Gasteiger partial charge in [-0.2, -0.15) is 0 Å². The molecule has 2 N–H and O–H groups in total. The van der Waals surface area contributed by atoms with Gasteiger partial charge in [0.2, 0.25) is 0 Å². The van der Waals surface area contributed by atoms with Crippen LogP contribution in [0.4, 0.5) is 0 Å². The van der Waals surface area contributed by atoms with Crippen molar-refractivity contribution in [1.29, 1.82) is 0 Å². The van der Waals surface area contributed by atoms with E-state index in [0.29, 0.717) is 0 Å². The van der Waals surface area contributed by atoms with Crippen molar-refractivity contribution in [3.8, 4) is 0 Å². The number of rotatable bonds is 8. The SMILES string of the molecule is CCCCOCCN(C)C1(CN)CCC(C)CC1. The van der Waals surface area contributed by atoms with E-state index in [4.69, 9.17) is 10.5 Å². The third-order valence-electron chi connectivity index (χ3n) is 4.61. The molecule has 18 heavy (non-hydrogen) atoms. The molecule has 1 saturated carbocycles. The summed E-state index contributed by atoms with van der Waals surface area (Å²) in [5.41, 5.74) is 6.29. The highest BCUT2D eigenvalue weighted by Crippen LogP contribution is 2.34. The molecule has 3 nitrogen and oxygen atoms in total. The highest BCUT2D eigenvalue weighted by Gasteiger charge is 2.36. The molecule has 0 spiro atoms. The number of unbranched alkanes of at least 4 members (excludes halogenated alkanes) is 1. The lowest BCUT2D eigenvalue weighted by atomic mass is 9.76. The van der Waals surface area contributed by atoms with Crippen LogP contribution in [0, 0.1) is 5.92 Å². The van der Waals surface area contributed by atoms with Crippen LogP contribution in [0.1, 0.15) is 52.4 Å². The Kier molecular flexibility index (Phi) is 7.20. The highest BCUT2D eigenvalue weighted by atomic mass is 16.5. The second-order valence-corrected chi connectivity index (χ2v) is 6.00. The van der Waals surface area contributed by atoms with Crippen molar-refractivity contribution in [1.82, 2.24) is 4.90 Å². The van der Waals surface area contributed by atoms with Crippen LogP contribution in [0.15, 0.2) is 0 Å². The first kappa shape index (κ1) is 15.9. The topological polar surface area (TPSA) is 38.5 Å². The molecule has 1 rings (SSSR count). The van der Waals surface area contributed by atoms with Gasteiger partial charge in [0, 0.05) is 25.2 Å². The molecule has 0 unspecified atom stereocenters. The fraction of sp³-hybridized carbons (Fsp3) is 1.00. The van der Waals surface area contributed by atoms with Gasteiger partial charge in [0.05, 0.1) is 6.61 Å². The number of nitrogens with zero attached hydrogens (tertiary/aromatic N) is 1. The molecular formula is C15H32N2O. The van der Waals surface area contributed by atoms with E-state index in [1.165, 1.54) is 38.5 Å². The first-order valence-corrected chi connectivity index (χ1v) is 7.63. The maximum absolute atomic E-state index is 6.05. The van der Waals surface area contributed by atoms with Crippen molar-refractivity contribution in [2.24, 2.45) is 11.7 Å². The number of likely N-dealkylation sites (N-methyl/N-ethyl adjacent to an activating group) is 1. The van der Waals surface area contributed by atoms with Crippen LogP contribution in [0.2, 0.25) is 0 Å². The average Bonchev–Trinajstić information content (AvgIpc) is 2.39. The van der Waals surface area contributed by atoms with Crippen LogP contribution in [0.3, 0.4) is 0 Å². The summed E-state index contributed by atoms with van der Waals surface area (Å²) in [4.78, 5) is 2.45. The largest absolute Gasteiger partial charge is 0.380 e. The van der Waals surface area contributed by atoms with Gasteiger partial charge in [0.15, 0.2) is 0 Å². The Hall–Kier alpha value is -0.120. The zero-order chi connectivity index (χ0) is 13.4. The summed E-state index contributed by atoms with van der Waals surface area (Å²) < 4.78 is 5.66. The third-order valence-corrected chi connectivity index (χ3v) is 4.61. The molecule has 0 aromatic heterocycles. The van der Waals surface area contributed by atoms with E-state index in [1.807, 2.05) is 0 Å². The second kappa shape index (κ2) is 8.13. The van der Waals surface area contributed by atoms with Gasteiger partial charge < -0.3 is 10.5 Å². The first-order chi connectivity index (χ1) is 8.64. The maximum Gasteiger partial charge on any atom is 0.0593 e. The molecule has 0 aromatic rings. The standard InChI is InChI=1S/C15H32N2O/c1-4-5-11-18-12-10-17(3)15(13-16)8-6-14(2)7-9-15/h14H,4-13,16H2,1-3H3. The van der Waals surface area contributed by atoms with Gasteiger partial charge in [0.25, 0.3) is 0 Å². The maximum atomic E-state index is 6.05. The Morgan fingerprint density at radius 1 is 1.28 bits per heavy atom. The molecule has 0 aromatic carbocycles. The summed E-state index contributed by atoms with van der Waals surface area (Å²) in [6, 6.07) is 0. The molecule has 108 valence electrons. The van der Waals surface area contributed by atoms with E-state index >= 15 is 0 Å². The molecule has 1 aliphatic rings. The molecule has 0 atom stereocenters. The fourth-order valence-corrected chi connectivity index (χ4v) is 2.83. The van der Waals surface area contributed by atoms with Gasteiger partial charge in [-0.15, -0.1) is 0 Å². The zero-order valence-corrected chi connectivity index (χ0v) is 12.6. The van der Waals surface area contributed by atoms with Crippen LogP contribution in [-0.4, -0.2) is 43.8 Å². The Labute approximate surface area is 113 Å². The minimum atomic E-state index is 0.237. The van der Waals surface area contributed by atoms with Gasteiger partial charge in [-0.25, -0.2) is 0 Å². The smallest absolute Gasteiger partial charge is 0.0593 e. The van der Waals surface area contributed by atoms with Crippen LogP contribution < -0.4 is 5.73 Å². The molecule has 3 heteroatoms. The molecule has 0 saturated heterocycles. The van der Waals surface area contributed by atoms with Crippen molar-refractivity contribution in [2.45, 2.75) is 57.9 Å². The fourth-order valence-electron chi connectivity index (χ4n) is 2.83. The lowest BCUT2D eigenvalue weighted by Crippen LogP contribution is -2.54.